The van der Waals surface area contributed by atoms with Gasteiger partial charge in [0.25, 0.3) is 0 Å². The first kappa shape index (κ1) is 11.2. The van der Waals surface area contributed by atoms with Crippen molar-refractivity contribution in [1.29, 1.82) is 0 Å². The summed E-state index contributed by atoms with van der Waals surface area (Å²) in [6, 6.07) is 0. The molecule has 1 aromatic heterocycles. The number of rotatable bonds is 3. The Morgan fingerprint density at radius 3 is 3.00 bits per heavy atom. The van der Waals surface area contributed by atoms with Gasteiger partial charge in [0.1, 0.15) is 0 Å². The number of aromatic nitrogens is 2. The first-order valence-corrected chi connectivity index (χ1v) is 6.48. The second kappa shape index (κ2) is 4.38. The van der Waals surface area contributed by atoms with Gasteiger partial charge in [0, 0.05) is 25.4 Å². The average molecular weight is 237 g/mol. The highest BCUT2D eigenvalue weighted by Crippen LogP contribution is 2.38. The van der Waals surface area contributed by atoms with Crippen LogP contribution < -0.4 is 0 Å². The van der Waals surface area contributed by atoms with E-state index in [1.165, 1.54) is 0 Å². The van der Waals surface area contributed by atoms with Gasteiger partial charge in [-0.05, 0) is 18.8 Å². The van der Waals surface area contributed by atoms with Crippen LogP contribution in [0.4, 0.5) is 0 Å². The van der Waals surface area contributed by atoms with E-state index in [0.29, 0.717) is 17.7 Å². The third-order valence-corrected chi connectivity index (χ3v) is 4.07. The molecule has 5 nitrogen and oxygen atoms in total. The summed E-state index contributed by atoms with van der Waals surface area (Å²) in [7, 11) is 0. The maximum atomic E-state index is 9.85. The van der Waals surface area contributed by atoms with E-state index < -0.39 is 0 Å². The normalized spacial score (nSPS) is 33.2. The summed E-state index contributed by atoms with van der Waals surface area (Å²) in [6.07, 6.45) is 2.83. The fraction of sp³-hybridized carbons (Fsp3) is 0.833. The van der Waals surface area contributed by atoms with Crippen LogP contribution >= 0.6 is 0 Å². The average Bonchev–Trinajstić information content (AvgIpc) is 2.98. The number of aliphatic hydroxyl groups excluding tert-OH is 1. The lowest BCUT2D eigenvalue weighted by molar-refractivity contribution is 0.123. The van der Waals surface area contributed by atoms with Gasteiger partial charge < -0.3 is 9.63 Å². The van der Waals surface area contributed by atoms with Crippen molar-refractivity contribution in [2.24, 2.45) is 11.8 Å². The molecule has 0 spiro atoms. The van der Waals surface area contributed by atoms with E-state index in [2.05, 4.69) is 15.0 Å². The largest absolute Gasteiger partial charge is 0.393 e. The summed E-state index contributed by atoms with van der Waals surface area (Å²) in [6.45, 7) is 4.80. The van der Waals surface area contributed by atoms with Crippen molar-refractivity contribution in [3.8, 4) is 0 Å². The molecule has 1 aromatic rings. The molecule has 0 bridgehead atoms. The van der Waals surface area contributed by atoms with E-state index in [0.717, 1.165) is 44.7 Å². The summed E-state index contributed by atoms with van der Waals surface area (Å²) in [5.41, 5.74) is 0. The minimum absolute atomic E-state index is 0.0959. The zero-order chi connectivity index (χ0) is 11.8. The van der Waals surface area contributed by atoms with Gasteiger partial charge >= 0.3 is 0 Å². The summed E-state index contributed by atoms with van der Waals surface area (Å²) >= 11 is 0. The molecule has 17 heavy (non-hydrogen) atoms. The van der Waals surface area contributed by atoms with E-state index in [1.54, 1.807) is 0 Å². The van der Waals surface area contributed by atoms with Crippen molar-refractivity contribution in [2.75, 3.05) is 13.1 Å². The van der Waals surface area contributed by atoms with Crippen LogP contribution in [0.5, 0.6) is 0 Å². The molecule has 2 heterocycles. The van der Waals surface area contributed by atoms with Gasteiger partial charge in [0.05, 0.1) is 12.6 Å². The predicted octanol–water partition coefficient (Wildman–Crippen LogP) is 0.835. The Hall–Kier alpha value is -0.940. The molecule has 3 unspecified atom stereocenters. The maximum absolute atomic E-state index is 9.85. The summed E-state index contributed by atoms with van der Waals surface area (Å²) in [5, 5.41) is 13.8. The Morgan fingerprint density at radius 1 is 1.41 bits per heavy atom. The number of fused-ring (bicyclic) bond motifs is 1. The minimum atomic E-state index is -0.0959. The Balaban J connectivity index is 1.60. The molecule has 3 rings (SSSR count). The Bertz CT molecular complexity index is 393. The van der Waals surface area contributed by atoms with Crippen LogP contribution in [0.2, 0.25) is 0 Å². The Morgan fingerprint density at radius 2 is 2.29 bits per heavy atom. The molecule has 1 aliphatic carbocycles. The molecule has 0 amide bonds. The third-order valence-electron chi connectivity index (χ3n) is 4.07. The zero-order valence-corrected chi connectivity index (χ0v) is 10.2. The van der Waals surface area contributed by atoms with Crippen molar-refractivity contribution in [3.05, 3.63) is 11.7 Å². The Labute approximate surface area is 101 Å². The van der Waals surface area contributed by atoms with Crippen LogP contribution in [0.15, 0.2) is 4.52 Å². The molecule has 1 aliphatic heterocycles. The standard InChI is InChI=1S/C12H19N3O2/c1-2-12-13-11(14-17-12)7-15-5-8-3-4-10(16)9(8)6-15/h8-10,16H,2-7H2,1H3. The lowest BCUT2D eigenvalue weighted by Gasteiger charge is -2.15. The van der Waals surface area contributed by atoms with Gasteiger partial charge in [0.15, 0.2) is 5.82 Å². The van der Waals surface area contributed by atoms with Crippen LogP contribution in [0, 0.1) is 11.8 Å². The van der Waals surface area contributed by atoms with Crippen LogP contribution in [-0.4, -0.2) is 39.3 Å². The molecule has 0 radical (unpaired) electrons. The molecule has 5 heteroatoms. The van der Waals surface area contributed by atoms with E-state index in [4.69, 9.17) is 4.52 Å². The summed E-state index contributed by atoms with van der Waals surface area (Å²) in [5.74, 6) is 2.62. The summed E-state index contributed by atoms with van der Waals surface area (Å²) in [4.78, 5) is 6.66. The minimum Gasteiger partial charge on any atom is -0.393 e. The van der Waals surface area contributed by atoms with Gasteiger partial charge in [-0.15, -0.1) is 0 Å². The van der Waals surface area contributed by atoms with Gasteiger partial charge in [0.2, 0.25) is 5.89 Å². The van der Waals surface area contributed by atoms with Gasteiger partial charge in [-0.25, -0.2) is 0 Å². The van der Waals surface area contributed by atoms with Crippen LogP contribution in [0.25, 0.3) is 0 Å². The molecule has 2 fully saturated rings. The highest BCUT2D eigenvalue weighted by Gasteiger charge is 2.41. The summed E-state index contributed by atoms with van der Waals surface area (Å²) < 4.78 is 5.10. The SMILES string of the molecule is CCc1nc(CN2CC3CCC(O)C3C2)no1. The van der Waals surface area contributed by atoms with Crippen LogP contribution in [0.3, 0.4) is 0 Å². The molecule has 2 aliphatic rings. The van der Waals surface area contributed by atoms with Crippen molar-refractivity contribution in [2.45, 2.75) is 38.8 Å². The number of hydrogen-bond acceptors (Lipinski definition) is 5. The number of nitrogens with zero attached hydrogens (tertiary/aromatic N) is 3. The smallest absolute Gasteiger partial charge is 0.226 e. The first-order valence-electron chi connectivity index (χ1n) is 6.48. The second-order valence-corrected chi connectivity index (χ2v) is 5.22. The van der Waals surface area contributed by atoms with Gasteiger partial charge in [-0.1, -0.05) is 12.1 Å². The van der Waals surface area contributed by atoms with Gasteiger partial charge in [-0.3, -0.25) is 4.90 Å². The lowest BCUT2D eigenvalue weighted by atomic mass is 10.00. The molecule has 1 saturated heterocycles. The first-order chi connectivity index (χ1) is 8.26. The van der Waals surface area contributed by atoms with Crippen molar-refractivity contribution in [1.82, 2.24) is 15.0 Å². The number of aryl methyl sites for hydroxylation is 1. The molecule has 3 atom stereocenters. The van der Waals surface area contributed by atoms with E-state index >= 15 is 0 Å². The highest BCUT2D eigenvalue weighted by molar-refractivity contribution is 4.95. The second-order valence-electron chi connectivity index (χ2n) is 5.22. The Kier molecular flexibility index (Phi) is 2.88. The van der Waals surface area contributed by atoms with E-state index in [-0.39, 0.29) is 6.10 Å². The molecule has 1 N–H and O–H groups in total. The van der Waals surface area contributed by atoms with Crippen LogP contribution in [-0.2, 0) is 13.0 Å². The third kappa shape index (κ3) is 2.09. The number of likely N-dealkylation sites (tertiary alicyclic amines) is 1. The number of hydrogen-bond donors (Lipinski definition) is 1. The van der Waals surface area contributed by atoms with Crippen molar-refractivity contribution < 1.29 is 9.63 Å². The fourth-order valence-electron chi connectivity index (χ4n) is 3.16. The molecular formula is C12H19N3O2. The quantitative estimate of drug-likeness (QED) is 0.844. The molecular weight excluding hydrogens is 218 g/mol. The molecule has 94 valence electrons. The predicted molar refractivity (Wildman–Crippen MR) is 61.2 cm³/mol. The van der Waals surface area contributed by atoms with Crippen LogP contribution in [0.1, 0.15) is 31.5 Å². The lowest BCUT2D eigenvalue weighted by Crippen LogP contribution is -2.24. The highest BCUT2D eigenvalue weighted by atomic mass is 16.5. The fourth-order valence-corrected chi connectivity index (χ4v) is 3.16. The maximum Gasteiger partial charge on any atom is 0.226 e. The van der Waals surface area contributed by atoms with E-state index in [1.807, 2.05) is 6.92 Å². The molecule has 1 saturated carbocycles. The monoisotopic (exact) mass is 237 g/mol. The van der Waals surface area contributed by atoms with E-state index in [9.17, 15) is 5.11 Å². The number of aliphatic hydroxyl groups is 1. The zero-order valence-electron chi connectivity index (χ0n) is 10.2. The molecule has 0 aromatic carbocycles. The van der Waals surface area contributed by atoms with Gasteiger partial charge in [-0.2, -0.15) is 4.98 Å². The topological polar surface area (TPSA) is 62.4 Å². The van der Waals surface area contributed by atoms with Crippen molar-refractivity contribution >= 4 is 0 Å². The van der Waals surface area contributed by atoms with Crippen molar-refractivity contribution in [3.63, 3.8) is 0 Å².